The standard InChI is InChI=1S/C16H19F2NO3S/c1-15(2)10-5-6-16(15,14(20)7-10)9-23(21,22)19-13-4-3-11(17)8-12(13)18/h3-4,8,10,19H,5-7,9H2,1-2H3/t10-,16-/m0/s1. The van der Waals surface area contributed by atoms with Crippen LogP contribution in [0.4, 0.5) is 14.5 Å². The lowest BCUT2D eigenvalue weighted by Crippen LogP contribution is -2.43. The molecule has 2 bridgehead atoms. The zero-order valence-corrected chi connectivity index (χ0v) is 13.8. The normalized spacial score (nSPS) is 29.0. The first-order valence-electron chi connectivity index (χ1n) is 7.56. The smallest absolute Gasteiger partial charge is 0.233 e. The first-order chi connectivity index (χ1) is 10.6. The number of nitrogens with one attached hydrogen (secondary N) is 1. The zero-order chi connectivity index (χ0) is 17.0. The molecule has 0 radical (unpaired) electrons. The fourth-order valence-electron chi connectivity index (χ4n) is 4.21. The summed E-state index contributed by atoms with van der Waals surface area (Å²) in [5, 5.41) is 0. The average molecular weight is 343 g/mol. The maximum absolute atomic E-state index is 13.7. The third-order valence-electron chi connectivity index (χ3n) is 5.77. The summed E-state index contributed by atoms with van der Waals surface area (Å²) >= 11 is 0. The highest BCUT2D eigenvalue weighted by atomic mass is 32.2. The average Bonchev–Trinajstić information content (AvgIpc) is 2.75. The first-order valence-corrected chi connectivity index (χ1v) is 9.21. The number of Topliss-reactive ketones (excluding diaryl/α,β-unsaturated/α-hetero) is 1. The van der Waals surface area contributed by atoms with E-state index in [9.17, 15) is 22.0 Å². The van der Waals surface area contributed by atoms with Gasteiger partial charge in [-0.2, -0.15) is 0 Å². The Balaban J connectivity index is 1.88. The van der Waals surface area contributed by atoms with Gasteiger partial charge in [0.15, 0.2) is 0 Å². The number of halogens is 2. The number of hydrogen-bond acceptors (Lipinski definition) is 3. The van der Waals surface area contributed by atoms with Gasteiger partial charge in [0.05, 0.1) is 16.9 Å². The molecular weight excluding hydrogens is 324 g/mol. The Morgan fingerprint density at radius 1 is 1.30 bits per heavy atom. The van der Waals surface area contributed by atoms with E-state index >= 15 is 0 Å². The molecule has 4 nitrogen and oxygen atoms in total. The van der Waals surface area contributed by atoms with Crippen molar-refractivity contribution in [3.8, 4) is 0 Å². The van der Waals surface area contributed by atoms with Crippen molar-refractivity contribution < 1.29 is 22.0 Å². The quantitative estimate of drug-likeness (QED) is 0.914. The molecule has 0 heterocycles. The molecule has 1 aromatic rings. The third-order valence-corrected chi connectivity index (χ3v) is 7.18. The van der Waals surface area contributed by atoms with Gasteiger partial charge in [0.2, 0.25) is 10.0 Å². The molecule has 3 rings (SSSR count). The van der Waals surface area contributed by atoms with Gasteiger partial charge in [-0.05, 0) is 36.3 Å². The summed E-state index contributed by atoms with van der Waals surface area (Å²) in [4.78, 5) is 12.4. The Morgan fingerprint density at radius 3 is 2.52 bits per heavy atom. The van der Waals surface area contributed by atoms with E-state index in [1.54, 1.807) is 0 Å². The second-order valence-corrected chi connectivity index (χ2v) is 8.87. The molecule has 126 valence electrons. The summed E-state index contributed by atoms with van der Waals surface area (Å²) < 4.78 is 53.7. The van der Waals surface area contributed by atoms with Gasteiger partial charge < -0.3 is 0 Å². The van der Waals surface area contributed by atoms with Gasteiger partial charge in [0, 0.05) is 12.5 Å². The van der Waals surface area contributed by atoms with Crippen LogP contribution in [-0.2, 0) is 14.8 Å². The minimum Gasteiger partial charge on any atom is -0.299 e. The fourth-order valence-corrected chi connectivity index (χ4v) is 6.11. The van der Waals surface area contributed by atoms with E-state index in [0.717, 1.165) is 18.6 Å². The van der Waals surface area contributed by atoms with Crippen molar-refractivity contribution in [2.45, 2.75) is 33.1 Å². The third kappa shape index (κ3) is 2.45. The minimum absolute atomic E-state index is 0.0243. The predicted molar refractivity (Wildman–Crippen MR) is 82.3 cm³/mol. The molecule has 1 aromatic carbocycles. The van der Waals surface area contributed by atoms with Crippen LogP contribution >= 0.6 is 0 Å². The SMILES string of the molecule is CC1(C)[C@H]2CC[C@]1(CS(=O)(=O)Nc1ccc(F)cc1F)C(=O)C2. The Hall–Kier alpha value is -1.50. The summed E-state index contributed by atoms with van der Waals surface area (Å²) in [6.45, 7) is 3.87. The lowest BCUT2D eigenvalue weighted by atomic mass is 9.70. The Bertz CT molecular complexity index is 776. The molecule has 23 heavy (non-hydrogen) atoms. The highest BCUT2D eigenvalue weighted by Crippen LogP contribution is 2.64. The molecule has 2 aliphatic rings. The molecule has 0 amide bonds. The van der Waals surface area contributed by atoms with Crippen molar-refractivity contribution in [2.24, 2.45) is 16.7 Å². The van der Waals surface area contributed by atoms with E-state index in [0.29, 0.717) is 18.9 Å². The van der Waals surface area contributed by atoms with Crippen molar-refractivity contribution in [1.29, 1.82) is 0 Å². The van der Waals surface area contributed by atoms with E-state index in [-0.39, 0.29) is 28.6 Å². The molecule has 2 fully saturated rings. The topological polar surface area (TPSA) is 63.2 Å². The van der Waals surface area contributed by atoms with Crippen LogP contribution in [0.5, 0.6) is 0 Å². The van der Waals surface area contributed by atoms with Gasteiger partial charge in [-0.25, -0.2) is 17.2 Å². The molecule has 2 atom stereocenters. The van der Waals surface area contributed by atoms with Crippen LogP contribution in [0.2, 0.25) is 0 Å². The van der Waals surface area contributed by atoms with E-state index in [2.05, 4.69) is 4.72 Å². The second-order valence-electron chi connectivity index (χ2n) is 7.15. The Labute approximate surface area is 134 Å². The summed E-state index contributed by atoms with van der Waals surface area (Å²) in [5.74, 6) is -1.95. The fraction of sp³-hybridized carbons (Fsp3) is 0.562. The number of carbonyl (C=O) groups excluding carboxylic acids is 1. The highest BCUT2D eigenvalue weighted by Gasteiger charge is 2.65. The maximum atomic E-state index is 13.7. The summed E-state index contributed by atoms with van der Waals surface area (Å²) in [6.07, 6.45) is 1.78. The van der Waals surface area contributed by atoms with E-state index in [1.807, 2.05) is 13.8 Å². The number of anilines is 1. The van der Waals surface area contributed by atoms with E-state index < -0.39 is 27.1 Å². The van der Waals surface area contributed by atoms with Gasteiger partial charge in [0.25, 0.3) is 0 Å². The van der Waals surface area contributed by atoms with E-state index in [1.165, 1.54) is 0 Å². The zero-order valence-electron chi connectivity index (χ0n) is 13.0. The summed E-state index contributed by atoms with van der Waals surface area (Å²) in [5.41, 5.74) is -1.61. The number of fused-ring (bicyclic) bond motifs is 2. The van der Waals surface area contributed by atoms with Crippen molar-refractivity contribution in [2.75, 3.05) is 10.5 Å². The van der Waals surface area contributed by atoms with Crippen molar-refractivity contribution >= 4 is 21.5 Å². The number of rotatable bonds is 4. The molecule has 2 saturated carbocycles. The second kappa shape index (κ2) is 5.00. The van der Waals surface area contributed by atoms with Crippen LogP contribution in [0.3, 0.4) is 0 Å². The lowest BCUT2D eigenvalue weighted by Gasteiger charge is -2.36. The van der Waals surface area contributed by atoms with Crippen LogP contribution < -0.4 is 4.72 Å². The molecule has 0 unspecified atom stereocenters. The number of benzene rings is 1. The van der Waals surface area contributed by atoms with Gasteiger partial charge in [-0.15, -0.1) is 0 Å². The highest BCUT2D eigenvalue weighted by molar-refractivity contribution is 7.92. The maximum Gasteiger partial charge on any atom is 0.233 e. The van der Waals surface area contributed by atoms with Gasteiger partial charge in [0.1, 0.15) is 17.4 Å². The largest absolute Gasteiger partial charge is 0.299 e. The molecule has 1 N–H and O–H groups in total. The molecule has 0 aliphatic heterocycles. The summed E-state index contributed by atoms with van der Waals surface area (Å²) in [6, 6.07) is 2.64. The predicted octanol–water partition coefficient (Wildman–Crippen LogP) is 3.10. The monoisotopic (exact) mass is 343 g/mol. The summed E-state index contributed by atoms with van der Waals surface area (Å²) in [7, 11) is -3.93. The van der Waals surface area contributed by atoms with Crippen molar-refractivity contribution in [3.05, 3.63) is 29.8 Å². The van der Waals surface area contributed by atoms with Crippen molar-refractivity contribution in [1.82, 2.24) is 0 Å². The van der Waals surface area contributed by atoms with Gasteiger partial charge in [-0.1, -0.05) is 13.8 Å². The Morgan fingerprint density at radius 2 is 2.00 bits per heavy atom. The molecular formula is C16H19F2NO3S. The number of sulfonamides is 1. The molecule has 7 heteroatoms. The van der Waals surface area contributed by atoms with Gasteiger partial charge >= 0.3 is 0 Å². The molecule has 0 aromatic heterocycles. The number of carbonyl (C=O) groups is 1. The first kappa shape index (κ1) is 16.4. The van der Waals surface area contributed by atoms with Crippen LogP contribution in [0.25, 0.3) is 0 Å². The minimum atomic E-state index is -3.93. The number of ketones is 1. The molecule has 0 saturated heterocycles. The van der Waals surface area contributed by atoms with Crippen LogP contribution in [0.15, 0.2) is 18.2 Å². The van der Waals surface area contributed by atoms with Crippen LogP contribution in [0.1, 0.15) is 33.1 Å². The van der Waals surface area contributed by atoms with Crippen LogP contribution in [-0.4, -0.2) is 20.0 Å². The molecule has 0 spiro atoms. The van der Waals surface area contributed by atoms with Crippen LogP contribution in [0, 0.1) is 28.4 Å². The Kier molecular flexibility index (Phi) is 3.55. The lowest BCUT2D eigenvalue weighted by molar-refractivity contribution is -0.128. The van der Waals surface area contributed by atoms with Gasteiger partial charge in [-0.3, -0.25) is 9.52 Å². The molecule has 2 aliphatic carbocycles. The van der Waals surface area contributed by atoms with E-state index in [4.69, 9.17) is 0 Å². The van der Waals surface area contributed by atoms with Crippen molar-refractivity contribution in [3.63, 3.8) is 0 Å². The number of hydrogen-bond donors (Lipinski definition) is 1.